The molecule has 0 radical (unpaired) electrons. The summed E-state index contributed by atoms with van der Waals surface area (Å²) in [6.07, 6.45) is 2.62. The first-order valence-corrected chi connectivity index (χ1v) is 7.27. The second-order valence-corrected chi connectivity index (χ2v) is 5.58. The highest BCUT2D eigenvalue weighted by Crippen LogP contribution is 2.22. The number of rotatable bonds is 9. The number of benzene rings is 1. The van der Waals surface area contributed by atoms with Crippen LogP contribution >= 0.6 is 0 Å². The highest BCUT2D eigenvalue weighted by Gasteiger charge is 2.20. The van der Waals surface area contributed by atoms with Crippen LogP contribution in [-0.2, 0) is 11.3 Å². The van der Waals surface area contributed by atoms with Gasteiger partial charge in [0.2, 0.25) is 0 Å². The van der Waals surface area contributed by atoms with Crippen molar-refractivity contribution in [1.82, 2.24) is 5.32 Å². The van der Waals surface area contributed by atoms with E-state index in [0.29, 0.717) is 19.1 Å². The van der Waals surface area contributed by atoms with Gasteiger partial charge in [-0.15, -0.1) is 0 Å². The van der Waals surface area contributed by atoms with Gasteiger partial charge < -0.3 is 14.8 Å². The Labute approximate surface area is 116 Å². The fourth-order valence-electron chi connectivity index (χ4n) is 1.86. The monoisotopic (exact) mass is 263 g/mol. The van der Waals surface area contributed by atoms with E-state index in [1.54, 1.807) is 0 Å². The van der Waals surface area contributed by atoms with E-state index in [2.05, 4.69) is 31.3 Å². The van der Waals surface area contributed by atoms with Crippen LogP contribution in [0, 0.1) is 5.92 Å². The van der Waals surface area contributed by atoms with Crippen LogP contribution in [0.25, 0.3) is 0 Å². The van der Waals surface area contributed by atoms with E-state index in [-0.39, 0.29) is 0 Å². The maximum atomic E-state index is 5.81. The molecule has 0 aliphatic heterocycles. The van der Waals surface area contributed by atoms with Gasteiger partial charge in [0.15, 0.2) is 0 Å². The molecule has 0 bridgehead atoms. The Balaban J connectivity index is 1.71. The van der Waals surface area contributed by atoms with E-state index in [4.69, 9.17) is 9.47 Å². The Morgan fingerprint density at radius 2 is 2.00 bits per heavy atom. The SMILES string of the molecule is CC(C)COCCOc1ccccc1CNC1CC1. The molecular weight excluding hydrogens is 238 g/mol. The summed E-state index contributed by atoms with van der Waals surface area (Å²) in [5, 5.41) is 3.52. The normalized spacial score (nSPS) is 14.9. The molecule has 1 saturated carbocycles. The lowest BCUT2D eigenvalue weighted by atomic mass is 10.2. The fourth-order valence-corrected chi connectivity index (χ4v) is 1.86. The largest absolute Gasteiger partial charge is 0.491 e. The first-order chi connectivity index (χ1) is 9.25. The molecule has 3 heteroatoms. The Bertz CT molecular complexity index is 375. The van der Waals surface area contributed by atoms with E-state index >= 15 is 0 Å². The van der Waals surface area contributed by atoms with Crippen molar-refractivity contribution in [3.63, 3.8) is 0 Å². The molecule has 0 atom stereocenters. The summed E-state index contributed by atoms with van der Waals surface area (Å²) in [5.41, 5.74) is 1.23. The van der Waals surface area contributed by atoms with Gasteiger partial charge in [-0.1, -0.05) is 32.0 Å². The molecule has 1 aromatic rings. The molecule has 19 heavy (non-hydrogen) atoms. The van der Waals surface area contributed by atoms with Gasteiger partial charge in [0.1, 0.15) is 12.4 Å². The Morgan fingerprint density at radius 1 is 1.21 bits per heavy atom. The topological polar surface area (TPSA) is 30.5 Å². The van der Waals surface area contributed by atoms with E-state index in [1.165, 1.54) is 18.4 Å². The summed E-state index contributed by atoms with van der Waals surface area (Å²) in [4.78, 5) is 0. The van der Waals surface area contributed by atoms with Gasteiger partial charge in [0, 0.05) is 24.8 Å². The Hall–Kier alpha value is -1.06. The predicted molar refractivity (Wildman–Crippen MR) is 77.5 cm³/mol. The molecule has 1 N–H and O–H groups in total. The predicted octanol–water partition coefficient (Wildman–Crippen LogP) is 2.99. The van der Waals surface area contributed by atoms with Gasteiger partial charge in [0.25, 0.3) is 0 Å². The average Bonchev–Trinajstić information content (AvgIpc) is 3.21. The fraction of sp³-hybridized carbons (Fsp3) is 0.625. The summed E-state index contributed by atoms with van der Waals surface area (Å²) in [5.74, 6) is 1.55. The minimum absolute atomic E-state index is 0.579. The van der Waals surface area contributed by atoms with Crippen LogP contribution in [0.2, 0.25) is 0 Å². The summed E-state index contributed by atoms with van der Waals surface area (Å²) in [6.45, 7) is 7.27. The molecule has 106 valence electrons. The third-order valence-corrected chi connectivity index (χ3v) is 3.07. The molecule has 0 unspecified atom stereocenters. The molecule has 1 aromatic carbocycles. The highest BCUT2D eigenvalue weighted by atomic mass is 16.5. The lowest BCUT2D eigenvalue weighted by Crippen LogP contribution is -2.17. The van der Waals surface area contributed by atoms with Gasteiger partial charge in [-0.25, -0.2) is 0 Å². The quantitative estimate of drug-likeness (QED) is 0.695. The summed E-state index contributed by atoms with van der Waals surface area (Å²) < 4.78 is 11.3. The Kier molecular flexibility index (Phi) is 5.67. The first-order valence-electron chi connectivity index (χ1n) is 7.27. The molecule has 1 aliphatic carbocycles. The van der Waals surface area contributed by atoms with Crippen LogP contribution in [0.5, 0.6) is 5.75 Å². The van der Waals surface area contributed by atoms with E-state index < -0.39 is 0 Å². The molecule has 0 spiro atoms. The van der Waals surface area contributed by atoms with Crippen LogP contribution in [0.4, 0.5) is 0 Å². The molecule has 0 amide bonds. The number of para-hydroxylation sites is 1. The molecule has 3 nitrogen and oxygen atoms in total. The lowest BCUT2D eigenvalue weighted by Gasteiger charge is -2.12. The number of hydrogen-bond donors (Lipinski definition) is 1. The van der Waals surface area contributed by atoms with Crippen molar-refractivity contribution in [2.75, 3.05) is 19.8 Å². The van der Waals surface area contributed by atoms with E-state index in [1.807, 2.05) is 12.1 Å². The zero-order valence-corrected chi connectivity index (χ0v) is 12.0. The molecule has 1 fully saturated rings. The van der Waals surface area contributed by atoms with Crippen molar-refractivity contribution in [2.24, 2.45) is 5.92 Å². The van der Waals surface area contributed by atoms with Crippen molar-refractivity contribution < 1.29 is 9.47 Å². The van der Waals surface area contributed by atoms with E-state index in [0.717, 1.165) is 24.9 Å². The highest BCUT2D eigenvalue weighted by molar-refractivity contribution is 5.33. The molecule has 0 saturated heterocycles. The minimum atomic E-state index is 0.579. The smallest absolute Gasteiger partial charge is 0.123 e. The van der Waals surface area contributed by atoms with Crippen LogP contribution in [0.15, 0.2) is 24.3 Å². The van der Waals surface area contributed by atoms with Gasteiger partial charge in [-0.2, -0.15) is 0 Å². The number of ether oxygens (including phenoxy) is 2. The number of hydrogen-bond acceptors (Lipinski definition) is 3. The maximum absolute atomic E-state index is 5.81. The van der Waals surface area contributed by atoms with Crippen molar-refractivity contribution in [3.05, 3.63) is 29.8 Å². The first kappa shape index (κ1) is 14.4. The van der Waals surface area contributed by atoms with Crippen LogP contribution in [0.3, 0.4) is 0 Å². The summed E-state index contributed by atoms with van der Waals surface area (Å²) >= 11 is 0. The van der Waals surface area contributed by atoms with Crippen molar-refractivity contribution in [2.45, 2.75) is 39.3 Å². The summed E-state index contributed by atoms with van der Waals surface area (Å²) in [7, 11) is 0. The van der Waals surface area contributed by atoms with Gasteiger partial charge >= 0.3 is 0 Å². The number of nitrogens with one attached hydrogen (secondary N) is 1. The van der Waals surface area contributed by atoms with Gasteiger partial charge in [0.05, 0.1) is 6.61 Å². The minimum Gasteiger partial charge on any atom is -0.491 e. The molecule has 1 aliphatic rings. The average molecular weight is 263 g/mol. The zero-order chi connectivity index (χ0) is 13.5. The van der Waals surface area contributed by atoms with Gasteiger partial charge in [-0.3, -0.25) is 0 Å². The second kappa shape index (κ2) is 7.51. The maximum Gasteiger partial charge on any atom is 0.123 e. The van der Waals surface area contributed by atoms with Crippen molar-refractivity contribution in [3.8, 4) is 5.75 Å². The standard InChI is InChI=1S/C16H25NO2/c1-13(2)12-18-9-10-19-16-6-4-3-5-14(16)11-17-15-7-8-15/h3-6,13,15,17H,7-12H2,1-2H3. The molecular formula is C16H25NO2. The molecule has 0 heterocycles. The van der Waals surface area contributed by atoms with Crippen LogP contribution in [-0.4, -0.2) is 25.9 Å². The van der Waals surface area contributed by atoms with Crippen molar-refractivity contribution >= 4 is 0 Å². The van der Waals surface area contributed by atoms with Crippen molar-refractivity contribution in [1.29, 1.82) is 0 Å². The second-order valence-electron chi connectivity index (χ2n) is 5.58. The molecule has 0 aromatic heterocycles. The third-order valence-electron chi connectivity index (χ3n) is 3.07. The van der Waals surface area contributed by atoms with Gasteiger partial charge in [-0.05, 0) is 24.8 Å². The third kappa shape index (κ3) is 5.62. The lowest BCUT2D eigenvalue weighted by molar-refractivity contribution is 0.0816. The zero-order valence-electron chi connectivity index (χ0n) is 12.0. The summed E-state index contributed by atoms with van der Waals surface area (Å²) in [6, 6.07) is 8.96. The van der Waals surface area contributed by atoms with Crippen LogP contribution < -0.4 is 10.1 Å². The Morgan fingerprint density at radius 3 is 2.74 bits per heavy atom. The van der Waals surface area contributed by atoms with Crippen LogP contribution in [0.1, 0.15) is 32.3 Å². The van der Waals surface area contributed by atoms with E-state index in [9.17, 15) is 0 Å². The molecule has 2 rings (SSSR count).